The molecule has 1 saturated heterocycles. The van der Waals surface area contributed by atoms with E-state index in [1.165, 1.54) is 0 Å². The molecule has 7 heteroatoms. The lowest BCUT2D eigenvalue weighted by Gasteiger charge is -2.44. The first-order valence-corrected chi connectivity index (χ1v) is 10.7. The first kappa shape index (κ1) is 21.6. The Hall–Kier alpha value is -2.64. The summed E-state index contributed by atoms with van der Waals surface area (Å²) in [6.45, 7) is 3.54. The summed E-state index contributed by atoms with van der Waals surface area (Å²) >= 11 is 0. The van der Waals surface area contributed by atoms with Crippen molar-refractivity contribution in [1.29, 1.82) is 0 Å². The number of hydrogen-bond acceptors (Lipinski definition) is 7. The van der Waals surface area contributed by atoms with Crippen molar-refractivity contribution in [2.45, 2.75) is 25.0 Å². The molecule has 4 rings (SSSR count). The molecule has 0 radical (unpaired) electrons. The number of ether oxygens (including phenoxy) is 4. The second kappa shape index (κ2) is 9.24. The summed E-state index contributed by atoms with van der Waals surface area (Å²) in [4.78, 5) is 4.75. The molecule has 0 aromatic heterocycles. The quantitative estimate of drug-likeness (QED) is 0.758. The van der Waals surface area contributed by atoms with Gasteiger partial charge >= 0.3 is 0 Å². The standard InChI is InChI=1S/C24H32N2O5/c1-28-21-8-6-5-7-18(21)25-9-11-26(12-10-25)19-13-16-17(14-20(19)27)24(31-4)23(30-3)15-22(16)29-2/h5-8,15,19-20,27H,9-14H2,1-4H3. The highest BCUT2D eigenvalue weighted by Gasteiger charge is 2.37. The van der Waals surface area contributed by atoms with Gasteiger partial charge in [-0.2, -0.15) is 0 Å². The fraction of sp³-hybridized carbons (Fsp3) is 0.500. The van der Waals surface area contributed by atoms with Crippen LogP contribution in [0.4, 0.5) is 5.69 Å². The van der Waals surface area contributed by atoms with Crippen LogP contribution >= 0.6 is 0 Å². The average molecular weight is 429 g/mol. The minimum atomic E-state index is -0.476. The van der Waals surface area contributed by atoms with Gasteiger partial charge in [-0.25, -0.2) is 0 Å². The van der Waals surface area contributed by atoms with Crippen molar-refractivity contribution in [3.05, 3.63) is 41.5 Å². The summed E-state index contributed by atoms with van der Waals surface area (Å²) in [5.74, 6) is 3.01. The van der Waals surface area contributed by atoms with Crippen LogP contribution in [0.5, 0.6) is 23.0 Å². The first-order chi connectivity index (χ1) is 15.1. The predicted octanol–water partition coefficient (Wildman–Crippen LogP) is 2.37. The first-order valence-electron chi connectivity index (χ1n) is 10.7. The number of benzene rings is 2. The third kappa shape index (κ3) is 4.00. The molecular formula is C24H32N2O5. The van der Waals surface area contributed by atoms with Gasteiger partial charge in [-0.15, -0.1) is 0 Å². The maximum atomic E-state index is 11.1. The van der Waals surface area contributed by atoms with Crippen LogP contribution in [-0.2, 0) is 12.8 Å². The second-order valence-corrected chi connectivity index (χ2v) is 8.01. The fourth-order valence-electron chi connectivity index (χ4n) is 4.95. The van der Waals surface area contributed by atoms with Crippen LogP contribution < -0.4 is 23.8 Å². The van der Waals surface area contributed by atoms with Crippen LogP contribution in [0, 0.1) is 0 Å². The van der Waals surface area contributed by atoms with Gasteiger partial charge in [-0.05, 0) is 18.6 Å². The highest BCUT2D eigenvalue weighted by atomic mass is 16.5. The SMILES string of the molecule is COc1ccccc1N1CCN(C2Cc3c(OC)cc(OC)c(OC)c3CC2O)CC1. The molecule has 1 heterocycles. The van der Waals surface area contributed by atoms with E-state index >= 15 is 0 Å². The largest absolute Gasteiger partial charge is 0.496 e. The Bertz CT molecular complexity index is 911. The van der Waals surface area contributed by atoms with Gasteiger partial charge in [0.2, 0.25) is 0 Å². The number of aliphatic hydroxyl groups excluding tert-OH is 1. The molecule has 2 atom stereocenters. The van der Waals surface area contributed by atoms with E-state index in [0.29, 0.717) is 24.3 Å². The van der Waals surface area contributed by atoms with E-state index in [9.17, 15) is 5.11 Å². The van der Waals surface area contributed by atoms with E-state index in [4.69, 9.17) is 18.9 Å². The molecule has 0 saturated carbocycles. The van der Waals surface area contributed by atoms with E-state index in [0.717, 1.165) is 54.5 Å². The summed E-state index contributed by atoms with van der Waals surface area (Å²) < 4.78 is 22.3. The van der Waals surface area contributed by atoms with Crippen LogP contribution in [0.1, 0.15) is 11.1 Å². The Morgan fingerprint density at radius 3 is 2.10 bits per heavy atom. The van der Waals surface area contributed by atoms with Gasteiger partial charge in [0, 0.05) is 55.8 Å². The monoisotopic (exact) mass is 428 g/mol. The molecule has 0 spiro atoms. The normalized spacial score (nSPS) is 21.4. The minimum Gasteiger partial charge on any atom is -0.496 e. The van der Waals surface area contributed by atoms with E-state index in [-0.39, 0.29) is 6.04 Å². The Morgan fingerprint density at radius 2 is 1.45 bits per heavy atom. The van der Waals surface area contributed by atoms with Crippen molar-refractivity contribution < 1.29 is 24.1 Å². The molecule has 1 aliphatic carbocycles. The number of anilines is 1. The van der Waals surface area contributed by atoms with E-state index in [2.05, 4.69) is 15.9 Å². The van der Waals surface area contributed by atoms with E-state index in [1.807, 2.05) is 24.3 Å². The number of piperazine rings is 1. The third-order valence-electron chi connectivity index (χ3n) is 6.55. The van der Waals surface area contributed by atoms with Crippen LogP contribution in [-0.4, -0.2) is 76.8 Å². The van der Waals surface area contributed by atoms with Gasteiger partial charge in [0.25, 0.3) is 0 Å². The van der Waals surface area contributed by atoms with Crippen molar-refractivity contribution in [2.75, 3.05) is 59.5 Å². The highest BCUT2D eigenvalue weighted by Crippen LogP contribution is 2.44. The van der Waals surface area contributed by atoms with Crippen molar-refractivity contribution in [3.8, 4) is 23.0 Å². The number of rotatable bonds is 6. The highest BCUT2D eigenvalue weighted by molar-refractivity contribution is 5.60. The lowest BCUT2D eigenvalue weighted by Crippen LogP contribution is -2.56. The van der Waals surface area contributed by atoms with E-state index in [1.54, 1.807) is 28.4 Å². The maximum Gasteiger partial charge on any atom is 0.164 e. The zero-order valence-corrected chi connectivity index (χ0v) is 18.8. The van der Waals surface area contributed by atoms with Crippen molar-refractivity contribution in [1.82, 2.24) is 4.90 Å². The molecule has 0 bridgehead atoms. The Balaban J connectivity index is 1.53. The zero-order valence-electron chi connectivity index (χ0n) is 18.8. The summed E-state index contributed by atoms with van der Waals surface area (Å²) in [6.07, 6.45) is 0.758. The van der Waals surface area contributed by atoms with Gasteiger partial charge in [0.05, 0.1) is 40.2 Å². The van der Waals surface area contributed by atoms with Crippen LogP contribution in [0.2, 0.25) is 0 Å². The summed E-state index contributed by atoms with van der Waals surface area (Å²) in [5.41, 5.74) is 3.20. The third-order valence-corrected chi connectivity index (χ3v) is 6.55. The molecule has 0 amide bonds. The Kier molecular flexibility index (Phi) is 6.43. The predicted molar refractivity (Wildman–Crippen MR) is 120 cm³/mol. The number of aliphatic hydroxyl groups is 1. The molecule has 31 heavy (non-hydrogen) atoms. The number of nitrogens with zero attached hydrogens (tertiary/aromatic N) is 2. The molecular weight excluding hydrogens is 396 g/mol. The summed E-state index contributed by atoms with van der Waals surface area (Å²) in [6, 6.07) is 10.1. The number of methoxy groups -OCH3 is 4. The molecule has 168 valence electrons. The number of fused-ring (bicyclic) bond motifs is 1. The molecule has 2 unspecified atom stereocenters. The fourth-order valence-corrected chi connectivity index (χ4v) is 4.95. The van der Waals surface area contributed by atoms with Gasteiger partial charge in [-0.3, -0.25) is 4.90 Å². The molecule has 1 N–H and O–H groups in total. The molecule has 1 fully saturated rings. The average Bonchev–Trinajstić information content (AvgIpc) is 2.82. The smallest absolute Gasteiger partial charge is 0.164 e. The van der Waals surface area contributed by atoms with Crippen LogP contribution in [0.3, 0.4) is 0 Å². The molecule has 1 aliphatic heterocycles. The van der Waals surface area contributed by atoms with Crippen molar-refractivity contribution in [3.63, 3.8) is 0 Å². The molecule has 2 aromatic carbocycles. The minimum absolute atomic E-state index is 0.0410. The van der Waals surface area contributed by atoms with Gasteiger partial charge in [0.1, 0.15) is 11.5 Å². The molecule has 2 aliphatic rings. The Morgan fingerprint density at radius 1 is 0.774 bits per heavy atom. The zero-order chi connectivity index (χ0) is 22.0. The summed E-state index contributed by atoms with van der Waals surface area (Å²) in [5, 5.41) is 11.1. The topological polar surface area (TPSA) is 63.6 Å². The maximum absolute atomic E-state index is 11.1. The lowest BCUT2D eigenvalue weighted by molar-refractivity contribution is 0.0383. The second-order valence-electron chi connectivity index (χ2n) is 8.01. The lowest BCUT2D eigenvalue weighted by atomic mass is 9.83. The van der Waals surface area contributed by atoms with Gasteiger partial charge in [-0.1, -0.05) is 12.1 Å². The Labute approximate surface area is 184 Å². The number of para-hydroxylation sites is 2. The van der Waals surface area contributed by atoms with Crippen LogP contribution in [0.15, 0.2) is 30.3 Å². The molecule has 2 aromatic rings. The van der Waals surface area contributed by atoms with Crippen molar-refractivity contribution in [2.24, 2.45) is 0 Å². The molecule has 7 nitrogen and oxygen atoms in total. The van der Waals surface area contributed by atoms with E-state index < -0.39 is 6.10 Å². The van der Waals surface area contributed by atoms with Gasteiger partial charge < -0.3 is 29.0 Å². The number of hydrogen-bond donors (Lipinski definition) is 1. The van der Waals surface area contributed by atoms with Crippen molar-refractivity contribution >= 4 is 5.69 Å². The van der Waals surface area contributed by atoms with Gasteiger partial charge in [0.15, 0.2) is 11.5 Å². The summed E-state index contributed by atoms with van der Waals surface area (Å²) in [7, 11) is 6.64. The van der Waals surface area contributed by atoms with Crippen LogP contribution in [0.25, 0.3) is 0 Å².